The number of likely N-dealkylation sites (tertiary alicyclic amines) is 1. The molecule has 2 aliphatic carbocycles. The van der Waals surface area contributed by atoms with Crippen molar-refractivity contribution in [2.75, 3.05) is 19.6 Å². The molecule has 2 atom stereocenters. The van der Waals surface area contributed by atoms with Crippen LogP contribution >= 0.6 is 0 Å². The number of aliphatic carboxylic acids is 1. The van der Waals surface area contributed by atoms with Crippen molar-refractivity contribution < 1.29 is 19.5 Å². The summed E-state index contributed by atoms with van der Waals surface area (Å²) < 4.78 is 0. The highest BCUT2D eigenvalue weighted by Crippen LogP contribution is 2.48. The number of hydrogen-bond acceptors (Lipinski definition) is 3. The van der Waals surface area contributed by atoms with E-state index < -0.39 is 11.4 Å². The van der Waals surface area contributed by atoms with Crippen LogP contribution in [0.3, 0.4) is 0 Å². The highest BCUT2D eigenvalue weighted by atomic mass is 16.4. The van der Waals surface area contributed by atoms with E-state index in [-0.39, 0.29) is 24.3 Å². The SMILES string of the molecule is O=C(CC1CCCC1)NCC(=O)N1C[C@@H]2CCC[C@@]2(C(=O)O)C1. The van der Waals surface area contributed by atoms with Crippen LogP contribution in [0.5, 0.6) is 0 Å². The first-order chi connectivity index (χ1) is 11.0. The lowest BCUT2D eigenvalue weighted by Gasteiger charge is -2.23. The van der Waals surface area contributed by atoms with Crippen molar-refractivity contribution in [3.8, 4) is 0 Å². The lowest BCUT2D eigenvalue weighted by Crippen LogP contribution is -2.41. The molecule has 3 rings (SSSR count). The molecule has 2 amide bonds. The van der Waals surface area contributed by atoms with Gasteiger partial charge in [-0.25, -0.2) is 0 Å². The summed E-state index contributed by atoms with van der Waals surface area (Å²) in [7, 11) is 0. The molecular weight excluding hydrogens is 296 g/mol. The summed E-state index contributed by atoms with van der Waals surface area (Å²) in [6.07, 6.45) is 7.58. The van der Waals surface area contributed by atoms with Gasteiger partial charge < -0.3 is 15.3 Å². The van der Waals surface area contributed by atoms with Crippen molar-refractivity contribution in [2.24, 2.45) is 17.3 Å². The van der Waals surface area contributed by atoms with Gasteiger partial charge in [-0.05, 0) is 37.5 Å². The van der Waals surface area contributed by atoms with Gasteiger partial charge in [-0.1, -0.05) is 19.3 Å². The average molecular weight is 322 g/mol. The molecule has 3 aliphatic rings. The van der Waals surface area contributed by atoms with Crippen LogP contribution in [0.2, 0.25) is 0 Å². The third kappa shape index (κ3) is 3.21. The molecule has 2 N–H and O–H groups in total. The predicted molar refractivity (Wildman–Crippen MR) is 83.6 cm³/mol. The standard InChI is InChI=1S/C17H26N2O4/c20-14(8-12-4-1-2-5-12)18-9-15(21)19-10-13-6-3-7-17(13,11-19)16(22)23/h12-13H,1-11H2,(H,18,20)(H,22,23)/t13-,17+/m0/s1. The Kier molecular flexibility index (Phi) is 4.60. The Balaban J connectivity index is 1.47. The highest BCUT2D eigenvalue weighted by molar-refractivity contribution is 5.86. The smallest absolute Gasteiger partial charge is 0.311 e. The quantitative estimate of drug-likeness (QED) is 0.801. The second kappa shape index (κ2) is 6.49. The molecule has 1 saturated heterocycles. The topological polar surface area (TPSA) is 86.7 Å². The van der Waals surface area contributed by atoms with Crippen LogP contribution in [0.25, 0.3) is 0 Å². The summed E-state index contributed by atoms with van der Waals surface area (Å²) in [5.74, 6) is -0.456. The number of hydrogen-bond donors (Lipinski definition) is 2. The molecule has 0 unspecified atom stereocenters. The Morgan fingerprint density at radius 2 is 1.87 bits per heavy atom. The van der Waals surface area contributed by atoms with Crippen molar-refractivity contribution in [1.82, 2.24) is 10.2 Å². The van der Waals surface area contributed by atoms with E-state index in [9.17, 15) is 19.5 Å². The Labute approximate surface area is 136 Å². The number of rotatable bonds is 5. The van der Waals surface area contributed by atoms with Crippen LogP contribution in [-0.2, 0) is 14.4 Å². The minimum Gasteiger partial charge on any atom is -0.481 e. The Bertz CT molecular complexity index is 501. The van der Waals surface area contributed by atoms with Gasteiger partial charge in [0.15, 0.2) is 0 Å². The minimum atomic E-state index is -0.777. The van der Waals surface area contributed by atoms with E-state index in [1.165, 1.54) is 12.8 Å². The molecule has 0 spiro atoms. The maximum absolute atomic E-state index is 12.3. The number of carbonyl (C=O) groups is 3. The maximum Gasteiger partial charge on any atom is 0.311 e. The molecule has 0 aromatic rings. The second-order valence-corrected chi connectivity index (χ2v) is 7.46. The van der Waals surface area contributed by atoms with Crippen LogP contribution in [0.4, 0.5) is 0 Å². The van der Waals surface area contributed by atoms with Crippen molar-refractivity contribution >= 4 is 17.8 Å². The van der Waals surface area contributed by atoms with Gasteiger partial charge in [-0.2, -0.15) is 0 Å². The van der Waals surface area contributed by atoms with Crippen LogP contribution in [0, 0.1) is 17.3 Å². The van der Waals surface area contributed by atoms with Gasteiger partial charge in [-0.15, -0.1) is 0 Å². The van der Waals surface area contributed by atoms with E-state index in [1.807, 2.05) is 0 Å². The van der Waals surface area contributed by atoms with Gasteiger partial charge in [0.2, 0.25) is 11.8 Å². The first-order valence-electron chi connectivity index (χ1n) is 8.79. The van der Waals surface area contributed by atoms with Crippen molar-refractivity contribution in [3.63, 3.8) is 0 Å². The Hall–Kier alpha value is -1.59. The lowest BCUT2D eigenvalue weighted by atomic mass is 9.81. The molecule has 2 saturated carbocycles. The normalized spacial score (nSPS) is 30.4. The molecule has 6 heteroatoms. The molecule has 0 aromatic carbocycles. The molecule has 0 bridgehead atoms. The zero-order valence-corrected chi connectivity index (χ0v) is 13.6. The van der Waals surface area contributed by atoms with Crippen LogP contribution < -0.4 is 5.32 Å². The Morgan fingerprint density at radius 3 is 2.52 bits per heavy atom. The van der Waals surface area contributed by atoms with Crippen molar-refractivity contribution in [2.45, 2.75) is 51.4 Å². The molecule has 23 heavy (non-hydrogen) atoms. The minimum absolute atomic E-state index is 0.00598. The molecule has 6 nitrogen and oxygen atoms in total. The van der Waals surface area contributed by atoms with E-state index in [1.54, 1.807) is 4.90 Å². The number of carboxylic acid groups (broad SMARTS) is 1. The molecule has 3 fully saturated rings. The molecule has 0 radical (unpaired) electrons. The van der Waals surface area contributed by atoms with Gasteiger partial charge in [-0.3, -0.25) is 14.4 Å². The lowest BCUT2D eigenvalue weighted by molar-refractivity contribution is -0.149. The summed E-state index contributed by atoms with van der Waals surface area (Å²) in [6, 6.07) is 0. The van der Waals surface area contributed by atoms with Crippen LogP contribution in [-0.4, -0.2) is 47.4 Å². The Morgan fingerprint density at radius 1 is 1.13 bits per heavy atom. The molecule has 1 heterocycles. The largest absolute Gasteiger partial charge is 0.481 e. The fraction of sp³-hybridized carbons (Fsp3) is 0.824. The summed E-state index contributed by atoms with van der Waals surface area (Å²) in [4.78, 5) is 37.5. The predicted octanol–water partition coefficient (Wildman–Crippen LogP) is 1.40. The van der Waals surface area contributed by atoms with Gasteiger partial charge in [0.25, 0.3) is 0 Å². The number of amides is 2. The molecule has 128 valence electrons. The van der Waals surface area contributed by atoms with Crippen molar-refractivity contribution in [3.05, 3.63) is 0 Å². The van der Waals surface area contributed by atoms with E-state index in [0.717, 1.165) is 25.7 Å². The van der Waals surface area contributed by atoms with Crippen LogP contribution in [0.15, 0.2) is 0 Å². The summed E-state index contributed by atoms with van der Waals surface area (Å²) in [5.41, 5.74) is -0.747. The fourth-order valence-electron chi connectivity index (χ4n) is 4.66. The highest BCUT2D eigenvalue weighted by Gasteiger charge is 2.55. The summed E-state index contributed by atoms with van der Waals surface area (Å²) >= 11 is 0. The summed E-state index contributed by atoms with van der Waals surface area (Å²) in [5, 5.41) is 12.3. The van der Waals surface area contributed by atoms with Gasteiger partial charge in [0.1, 0.15) is 0 Å². The van der Waals surface area contributed by atoms with Crippen LogP contribution in [0.1, 0.15) is 51.4 Å². The summed E-state index contributed by atoms with van der Waals surface area (Å²) in [6.45, 7) is 0.807. The maximum atomic E-state index is 12.3. The van der Waals surface area contributed by atoms with Gasteiger partial charge in [0, 0.05) is 19.5 Å². The third-order valence-corrected chi connectivity index (χ3v) is 6.03. The van der Waals surface area contributed by atoms with Crippen molar-refractivity contribution in [1.29, 1.82) is 0 Å². The monoisotopic (exact) mass is 322 g/mol. The number of nitrogens with zero attached hydrogens (tertiary/aromatic N) is 1. The van der Waals surface area contributed by atoms with E-state index in [0.29, 0.717) is 31.8 Å². The number of fused-ring (bicyclic) bond motifs is 1. The third-order valence-electron chi connectivity index (χ3n) is 6.03. The molecule has 0 aromatic heterocycles. The fourth-order valence-corrected chi connectivity index (χ4v) is 4.66. The number of nitrogens with one attached hydrogen (secondary N) is 1. The molecular formula is C17H26N2O4. The van der Waals surface area contributed by atoms with Gasteiger partial charge in [0.05, 0.1) is 12.0 Å². The van der Waals surface area contributed by atoms with E-state index >= 15 is 0 Å². The zero-order chi connectivity index (χ0) is 16.4. The zero-order valence-electron chi connectivity index (χ0n) is 13.6. The average Bonchev–Trinajstić information content (AvgIpc) is 3.19. The van der Waals surface area contributed by atoms with E-state index in [4.69, 9.17) is 0 Å². The van der Waals surface area contributed by atoms with Gasteiger partial charge >= 0.3 is 5.97 Å². The number of carboxylic acids is 1. The van der Waals surface area contributed by atoms with E-state index in [2.05, 4.69) is 5.32 Å². The first-order valence-corrected chi connectivity index (χ1v) is 8.79. The second-order valence-electron chi connectivity index (χ2n) is 7.46. The first kappa shape index (κ1) is 16.3. The molecule has 1 aliphatic heterocycles. The number of carbonyl (C=O) groups excluding carboxylic acids is 2.